The minimum Gasteiger partial charge on any atom is -0.347 e. The average Bonchev–Trinajstić information content (AvgIpc) is 3.04. The summed E-state index contributed by atoms with van der Waals surface area (Å²) in [7, 11) is 0. The topological polar surface area (TPSA) is 118 Å². The molecule has 2 aromatic rings. The number of non-ortho nitro benzene ring substituents is 1. The first kappa shape index (κ1) is 18.3. The average molecular weight is 361 g/mol. The number of nitro groups is 1. The number of anilines is 1. The van der Waals surface area contributed by atoms with Gasteiger partial charge in [0.15, 0.2) is 5.78 Å². The molecule has 1 aromatic heterocycles. The molecule has 1 aromatic carbocycles. The van der Waals surface area contributed by atoms with Gasteiger partial charge in [0.1, 0.15) is 0 Å². The van der Waals surface area contributed by atoms with Gasteiger partial charge < -0.3 is 10.6 Å². The zero-order chi connectivity index (χ0) is 18.4. The predicted octanol–water partition coefficient (Wildman–Crippen LogP) is 2.16. The maximum absolute atomic E-state index is 11.8. The van der Waals surface area contributed by atoms with E-state index in [1.165, 1.54) is 42.5 Å². The lowest BCUT2D eigenvalue weighted by molar-refractivity contribution is -0.384. The molecule has 9 heteroatoms. The van der Waals surface area contributed by atoms with Crippen LogP contribution in [-0.4, -0.2) is 29.1 Å². The Balaban J connectivity index is 1.80. The van der Waals surface area contributed by atoms with Gasteiger partial charge in [-0.3, -0.25) is 24.5 Å². The number of nitro benzene ring substituents is 1. The molecule has 0 aliphatic heterocycles. The summed E-state index contributed by atoms with van der Waals surface area (Å²) in [6.07, 6.45) is 0.508. The maximum atomic E-state index is 11.8. The van der Waals surface area contributed by atoms with Crippen LogP contribution >= 0.6 is 11.3 Å². The van der Waals surface area contributed by atoms with Gasteiger partial charge in [-0.25, -0.2) is 0 Å². The Hall–Kier alpha value is -3.07. The first-order valence-electron chi connectivity index (χ1n) is 7.30. The van der Waals surface area contributed by atoms with E-state index in [2.05, 4.69) is 10.6 Å². The molecule has 0 unspecified atom stereocenters. The SMILES string of the molecule is CC(=O)c1ccc(CCNC(=O)C(=O)Nc2ccc([N+](=O)[O-])cc2)s1. The molecule has 0 radical (unpaired) electrons. The highest BCUT2D eigenvalue weighted by Gasteiger charge is 2.14. The first-order valence-corrected chi connectivity index (χ1v) is 8.12. The number of benzene rings is 1. The molecule has 2 rings (SSSR count). The summed E-state index contributed by atoms with van der Waals surface area (Å²) in [6.45, 7) is 1.74. The van der Waals surface area contributed by atoms with Crippen molar-refractivity contribution in [1.29, 1.82) is 0 Å². The van der Waals surface area contributed by atoms with Gasteiger partial charge in [-0.15, -0.1) is 11.3 Å². The molecule has 1 heterocycles. The molecule has 2 N–H and O–H groups in total. The van der Waals surface area contributed by atoms with Crippen molar-refractivity contribution in [2.24, 2.45) is 0 Å². The first-order chi connectivity index (χ1) is 11.9. The standard InChI is InChI=1S/C16H15N3O5S/c1-10(20)14-7-6-13(25-14)8-9-17-15(21)16(22)18-11-2-4-12(5-3-11)19(23)24/h2-7H,8-9H2,1H3,(H,17,21)(H,18,22). The number of hydrogen-bond donors (Lipinski definition) is 2. The molecule has 0 saturated carbocycles. The largest absolute Gasteiger partial charge is 0.347 e. The van der Waals surface area contributed by atoms with Crippen LogP contribution in [0, 0.1) is 10.1 Å². The van der Waals surface area contributed by atoms with Crippen molar-refractivity contribution < 1.29 is 19.3 Å². The van der Waals surface area contributed by atoms with Gasteiger partial charge in [-0.1, -0.05) is 0 Å². The minimum absolute atomic E-state index is 0.0113. The molecular formula is C16H15N3O5S. The second kappa shape index (κ2) is 8.15. The normalized spacial score (nSPS) is 10.1. The van der Waals surface area contributed by atoms with Crippen molar-refractivity contribution >= 4 is 40.3 Å². The van der Waals surface area contributed by atoms with Crippen molar-refractivity contribution in [3.63, 3.8) is 0 Å². The fourth-order valence-corrected chi connectivity index (χ4v) is 2.84. The summed E-state index contributed by atoms with van der Waals surface area (Å²) in [5, 5.41) is 15.4. The predicted molar refractivity (Wildman–Crippen MR) is 92.8 cm³/mol. The van der Waals surface area contributed by atoms with Crippen LogP contribution in [0.5, 0.6) is 0 Å². The van der Waals surface area contributed by atoms with Crippen LogP contribution in [0.1, 0.15) is 21.5 Å². The fourth-order valence-electron chi connectivity index (χ4n) is 1.94. The highest BCUT2D eigenvalue weighted by atomic mass is 32.1. The molecule has 2 amide bonds. The number of hydrogen-bond acceptors (Lipinski definition) is 6. The molecule has 25 heavy (non-hydrogen) atoms. The van der Waals surface area contributed by atoms with Crippen LogP contribution in [0.2, 0.25) is 0 Å². The van der Waals surface area contributed by atoms with Crippen LogP contribution in [0.15, 0.2) is 36.4 Å². The van der Waals surface area contributed by atoms with E-state index in [9.17, 15) is 24.5 Å². The smallest absolute Gasteiger partial charge is 0.313 e. The molecule has 0 fully saturated rings. The van der Waals surface area contributed by atoms with Crippen molar-refractivity contribution in [1.82, 2.24) is 5.32 Å². The Labute approximate surface area is 147 Å². The van der Waals surface area contributed by atoms with Crippen molar-refractivity contribution in [2.45, 2.75) is 13.3 Å². The number of rotatable bonds is 6. The van der Waals surface area contributed by atoms with E-state index in [1.54, 1.807) is 6.07 Å². The van der Waals surface area contributed by atoms with Crippen LogP contribution in [-0.2, 0) is 16.0 Å². The van der Waals surface area contributed by atoms with Gasteiger partial charge in [-0.2, -0.15) is 0 Å². The van der Waals surface area contributed by atoms with Gasteiger partial charge in [0.2, 0.25) is 0 Å². The molecule has 0 aliphatic carbocycles. The number of nitrogens with one attached hydrogen (secondary N) is 2. The number of thiophene rings is 1. The molecule has 0 atom stereocenters. The third-order valence-electron chi connectivity index (χ3n) is 3.21. The van der Waals surface area contributed by atoms with E-state index >= 15 is 0 Å². The second-order valence-electron chi connectivity index (χ2n) is 5.09. The fraction of sp³-hybridized carbons (Fsp3) is 0.188. The van der Waals surface area contributed by atoms with E-state index in [0.717, 1.165) is 4.88 Å². The summed E-state index contributed by atoms with van der Waals surface area (Å²) >= 11 is 1.35. The highest BCUT2D eigenvalue weighted by Crippen LogP contribution is 2.17. The van der Waals surface area contributed by atoms with Crippen LogP contribution in [0.3, 0.4) is 0 Å². The third-order valence-corrected chi connectivity index (χ3v) is 4.45. The molecule has 130 valence electrons. The lowest BCUT2D eigenvalue weighted by atomic mass is 10.3. The number of carbonyl (C=O) groups is 3. The Kier molecular flexibility index (Phi) is 5.96. The lowest BCUT2D eigenvalue weighted by Gasteiger charge is -2.06. The zero-order valence-corrected chi connectivity index (χ0v) is 14.1. The molecule has 0 saturated heterocycles. The number of amides is 2. The Morgan fingerprint density at radius 1 is 1.08 bits per heavy atom. The van der Waals surface area contributed by atoms with Crippen molar-refractivity contribution in [3.8, 4) is 0 Å². The maximum Gasteiger partial charge on any atom is 0.313 e. The van der Waals surface area contributed by atoms with Crippen molar-refractivity contribution in [3.05, 3.63) is 56.3 Å². The lowest BCUT2D eigenvalue weighted by Crippen LogP contribution is -2.36. The summed E-state index contributed by atoms with van der Waals surface area (Å²) in [5.74, 6) is -1.67. The Morgan fingerprint density at radius 2 is 1.76 bits per heavy atom. The van der Waals surface area contributed by atoms with E-state index in [4.69, 9.17) is 0 Å². The van der Waals surface area contributed by atoms with Crippen LogP contribution < -0.4 is 10.6 Å². The number of nitrogens with zero attached hydrogens (tertiary/aromatic N) is 1. The molecule has 0 spiro atoms. The summed E-state index contributed by atoms with van der Waals surface area (Å²) in [6, 6.07) is 8.69. The summed E-state index contributed by atoms with van der Waals surface area (Å²) in [4.78, 5) is 46.3. The Morgan fingerprint density at radius 3 is 2.32 bits per heavy atom. The van der Waals surface area contributed by atoms with E-state index in [0.29, 0.717) is 11.3 Å². The monoisotopic (exact) mass is 361 g/mol. The molecule has 8 nitrogen and oxygen atoms in total. The van der Waals surface area contributed by atoms with E-state index < -0.39 is 16.7 Å². The van der Waals surface area contributed by atoms with Gasteiger partial charge >= 0.3 is 11.8 Å². The highest BCUT2D eigenvalue weighted by molar-refractivity contribution is 7.14. The van der Waals surface area contributed by atoms with E-state index in [1.807, 2.05) is 6.07 Å². The molecular weight excluding hydrogens is 346 g/mol. The van der Waals surface area contributed by atoms with Crippen molar-refractivity contribution in [2.75, 3.05) is 11.9 Å². The molecule has 0 aliphatic rings. The number of ketones is 1. The number of Topliss-reactive ketones (excluding diaryl/α,β-unsaturated/α-hetero) is 1. The van der Waals surface area contributed by atoms with Crippen LogP contribution in [0.4, 0.5) is 11.4 Å². The quantitative estimate of drug-likeness (QED) is 0.354. The number of carbonyl (C=O) groups excluding carboxylic acids is 3. The third kappa shape index (κ3) is 5.21. The van der Waals surface area contributed by atoms with E-state index in [-0.39, 0.29) is 23.7 Å². The summed E-state index contributed by atoms with van der Waals surface area (Å²) < 4.78 is 0. The minimum atomic E-state index is -0.857. The van der Waals surface area contributed by atoms with Gasteiger partial charge in [0.05, 0.1) is 9.80 Å². The molecule has 0 bridgehead atoms. The summed E-state index contributed by atoms with van der Waals surface area (Å²) in [5.41, 5.74) is 0.179. The van der Waals surface area contributed by atoms with Crippen LogP contribution in [0.25, 0.3) is 0 Å². The Bertz CT molecular complexity index is 813. The van der Waals surface area contributed by atoms with Gasteiger partial charge in [0.25, 0.3) is 5.69 Å². The van der Waals surface area contributed by atoms with Gasteiger partial charge in [-0.05, 0) is 37.6 Å². The van der Waals surface area contributed by atoms with Gasteiger partial charge in [0, 0.05) is 29.2 Å². The second-order valence-corrected chi connectivity index (χ2v) is 6.25. The zero-order valence-electron chi connectivity index (χ0n) is 13.3.